The molecular weight excluding hydrogens is 498 g/mol. The van der Waals surface area contributed by atoms with E-state index < -0.39 is 17.5 Å². The van der Waals surface area contributed by atoms with Gasteiger partial charge in [0, 0.05) is 11.6 Å². The average Bonchev–Trinajstić information content (AvgIpc) is 3.32. The zero-order valence-corrected chi connectivity index (χ0v) is 23.0. The molecule has 4 rings (SSSR count). The fraction of sp³-hybridized carbons (Fsp3) is 0.310. The Morgan fingerprint density at radius 2 is 1.56 bits per heavy atom. The Morgan fingerprint density at radius 3 is 2.21 bits per heavy atom. The number of nitrogens with zero attached hydrogens (tertiary/aromatic N) is 4. The smallest absolute Gasteiger partial charge is 0.249 e. The maximum atomic E-state index is 14.3. The highest BCUT2D eigenvalue weighted by Gasteiger charge is 2.36. The number of carbonyl (C=O) groups is 2. The number of benzene rings is 3. The maximum absolute atomic E-state index is 14.3. The average molecular weight is 532 g/mol. The monoisotopic (exact) mass is 531 g/mol. The Labute approximate surface area is 227 Å². The minimum atomic E-state index is -1.10. The Kier molecular flexibility index (Phi) is 8.04. The second-order valence-corrected chi connectivity index (χ2v) is 9.96. The largest absolute Gasteiger partial charge is 0.497 e. The summed E-state index contributed by atoms with van der Waals surface area (Å²) in [6, 6.07) is 18.5. The summed E-state index contributed by atoms with van der Waals surface area (Å²) < 4.78 is 18.1. The zero-order valence-electron chi connectivity index (χ0n) is 23.0. The summed E-state index contributed by atoms with van der Waals surface area (Å²) in [6.45, 7) is 5.47. The lowest BCUT2D eigenvalue weighted by Gasteiger charge is -2.34. The van der Waals surface area contributed by atoms with E-state index in [1.807, 2.05) is 45.0 Å². The number of hydrogen-bond donors (Lipinski definition) is 1. The minimum absolute atomic E-state index is 0.168. The molecule has 0 aliphatic heterocycles. The van der Waals surface area contributed by atoms with Crippen LogP contribution in [0.3, 0.4) is 0 Å². The number of hydrogen-bond acceptors (Lipinski definition) is 7. The second kappa shape index (κ2) is 11.4. The lowest BCUT2D eigenvalue weighted by atomic mass is 9.99. The number of nitrogens with one attached hydrogen (secondary N) is 1. The first kappa shape index (κ1) is 27.4. The first-order valence-electron chi connectivity index (χ1n) is 12.4. The van der Waals surface area contributed by atoms with E-state index in [1.54, 1.807) is 42.5 Å². The number of para-hydroxylation sites is 3. The highest BCUT2D eigenvalue weighted by atomic mass is 16.5. The van der Waals surface area contributed by atoms with E-state index in [2.05, 4.69) is 15.6 Å². The zero-order chi connectivity index (χ0) is 28.2. The molecule has 204 valence electrons. The van der Waals surface area contributed by atoms with Gasteiger partial charge in [0.05, 0.1) is 32.5 Å². The van der Waals surface area contributed by atoms with Crippen molar-refractivity contribution in [3.63, 3.8) is 0 Å². The van der Waals surface area contributed by atoms with Gasteiger partial charge in [-0.15, -0.1) is 5.10 Å². The summed E-state index contributed by atoms with van der Waals surface area (Å²) in [4.78, 5) is 29.7. The van der Waals surface area contributed by atoms with E-state index in [-0.39, 0.29) is 12.5 Å². The molecular formula is C29H33N5O5. The summed E-state index contributed by atoms with van der Waals surface area (Å²) >= 11 is 0. The Balaban J connectivity index is 1.91. The molecule has 10 nitrogen and oxygen atoms in total. The number of rotatable bonds is 9. The number of amides is 2. The topological polar surface area (TPSA) is 108 Å². The van der Waals surface area contributed by atoms with Gasteiger partial charge in [0.1, 0.15) is 35.4 Å². The van der Waals surface area contributed by atoms with Crippen LogP contribution in [-0.2, 0) is 16.1 Å². The molecule has 0 bridgehead atoms. The number of anilines is 1. The summed E-state index contributed by atoms with van der Waals surface area (Å²) in [5.74, 6) is 0.601. The van der Waals surface area contributed by atoms with Crippen LogP contribution in [0, 0.1) is 0 Å². The fourth-order valence-corrected chi connectivity index (χ4v) is 4.33. The van der Waals surface area contributed by atoms with Crippen LogP contribution in [0.2, 0.25) is 0 Å². The highest BCUT2D eigenvalue weighted by Crippen LogP contribution is 2.37. The standard InChI is InChI=1S/C29H33N5O5/c1-29(2,3)30-28(36)27(19-15-20(37-4)17-21(16-19)38-5)34(24-13-9-10-14-25(24)39-6)26(35)18-33-23-12-8-7-11-22(23)31-32-33/h7-17,27H,18H2,1-6H3,(H,30,36)/t27-/m0/s1. The van der Waals surface area contributed by atoms with Crippen LogP contribution >= 0.6 is 0 Å². The van der Waals surface area contributed by atoms with Crippen LogP contribution in [0.5, 0.6) is 17.2 Å². The van der Waals surface area contributed by atoms with Gasteiger partial charge >= 0.3 is 0 Å². The maximum Gasteiger partial charge on any atom is 0.249 e. The van der Waals surface area contributed by atoms with Crippen molar-refractivity contribution in [3.8, 4) is 17.2 Å². The summed E-state index contributed by atoms with van der Waals surface area (Å²) in [6.07, 6.45) is 0. The van der Waals surface area contributed by atoms with Gasteiger partial charge in [0.25, 0.3) is 0 Å². The van der Waals surface area contributed by atoms with Crippen molar-refractivity contribution >= 4 is 28.5 Å². The molecule has 2 amide bonds. The molecule has 0 radical (unpaired) electrons. The predicted molar refractivity (Wildman–Crippen MR) is 148 cm³/mol. The SMILES string of the molecule is COc1cc(OC)cc([C@@H](C(=O)NC(C)(C)C)N(C(=O)Cn2nnc3ccccc32)c2ccccc2OC)c1. The Bertz CT molecular complexity index is 1450. The first-order valence-corrected chi connectivity index (χ1v) is 12.4. The molecule has 0 fully saturated rings. The van der Waals surface area contributed by atoms with Gasteiger partial charge < -0.3 is 19.5 Å². The van der Waals surface area contributed by atoms with E-state index >= 15 is 0 Å². The molecule has 39 heavy (non-hydrogen) atoms. The highest BCUT2D eigenvalue weighted by molar-refractivity contribution is 6.02. The first-order chi connectivity index (χ1) is 18.6. The molecule has 0 spiro atoms. The number of aromatic nitrogens is 3. The lowest BCUT2D eigenvalue weighted by Crippen LogP contribution is -2.50. The number of carbonyl (C=O) groups excluding carboxylic acids is 2. The van der Waals surface area contributed by atoms with E-state index in [0.29, 0.717) is 39.5 Å². The third-order valence-corrected chi connectivity index (χ3v) is 6.01. The van der Waals surface area contributed by atoms with Gasteiger partial charge in [-0.3, -0.25) is 14.5 Å². The Morgan fingerprint density at radius 1 is 0.923 bits per heavy atom. The molecule has 1 aromatic heterocycles. The van der Waals surface area contributed by atoms with Gasteiger partial charge in [0.2, 0.25) is 11.8 Å². The molecule has 4 aromatic rings. The molecule has 1 atom stereocenters. The van der Waals surface area contributed by atoms with Crippen LogP contribution in [0.15, 0.2) is 66.7 Å². The molecule has 1 heterocycles. The van der Waals surface area contributed by atoms with Crippen LogP contribution < -0.4 is 24.4 Å². The van der Waals surface area contributed by atoms with Crippen molar-refractivity contribution in [2.45, 2.75) is 38.9 Å². The fourth-order valence-electron chi connectivity index (χ4n) is 4.33. The van der Waals surface area contributed by atoms with Gasteiger partial charge in [-0.05, 0) is 62.7 Å². The third kappa shape index (κ3) is 6.11. The van der Waals surface area contributed by atoms with Crippen LogP contribution in [0.1, 0.15) is 32.4 Å². The third-order valence-electron chi connectivity index (χ3n) is 6.01. The quantitative estimate of drug-likeness (QED) is 0.346. The van der Waals surface area contributed by atoms with Crippen molar-refractivity contribution in [1.29, 1.82) is 0 Å². The van der Waals surface area contributed by atoms with Crippen molar-refractivity contribution in [2.75, 3.05) is 26.2 Å². The molecule has 1 N–H and O–H groups in total. The van der Waals surface area contributed by atoms with E-state index in [9.17, 15) is 9.59 Å². The predicted octanol–water partition coefficient (Wildman–Crippen LogP) is 4.15. The lowest BCUT2D eigenvalue weighted by molar-refractivity contribution is -0.128. The van der Waals surface area contributed by atoms with Crippen LogP contribution in [0.25, 0.3) is 11.0 Å². The van der Waals surface area contributed by atoms with Gasteiger partial charge in [-0.25, -0.2) is 4.68 Å². The number of fused-ring (bicyclic) bond motifs is 1. The van der Waals surface area contributed by atoms with E-state index in [4.69, 9.17) is 14.2 Å². The van der Waals surface area contributed by atoms with Crippen molar-refractivity contribution in [1.82, 2.24) is 20.3 Å². The molecule has 0 unspecified atom stereocenters. The Hall–Kier alpha value is -4.60. The van der Waals surface area contributed by atoms with Gasteiger partial charge in [0.15, 0.2) is 0 Å². The molecule has 3 aromatic carbocycles. The van der Waals surface area contributed by atoms with Crippen molar-refractivity contribution in [2.24, 2.45) is 0 Å². The van der Waals surface area contributed by atoms with E-state index in [1.165, 1.54) is 30.9 Å². The van der Waals surface area contributed by atoms with Gasteiger partial charge in [-0.2, -0.15) is 0 Å². The normalized spacial score (nSPS) is 12.1. The summed E-state index contributed by atoms with van der Waals surface area (Å²) in [7, 11) is 4.58. The molecule has 0 saturated carbocycles. The van der Waals surface area contributed by atoms with Crippen molar-refractivity contribution < 1.29 is 23.8 Å². The van der Waals surface area contributed by atoms with Crippen LogP contribution in [0.4, 0.5) is 5.69 Å². The molecule has 10 heteroatoms. The summed E-state index contributed by atoms with van der Waals surface area (Å²) in [5, 5.41) is 11.4. The molecule has 0 aliphatic carbocycles. The molecule has 0 aliphatic rings. The van der Waals surface area contributed by atoms with E-state index in [0.717, 1.165) is 0 Å². The minimum Gasteiger partial charge on any atom is -0.497 e. The number of methoxy groups -OCH3 is 3. The second-order valence-electron chi connectivity index (χ2n) is 9.96. The van der Waals surface area contributed by atoms with Gasteiger partial charge in [-0.1, -0.05) is 29.5 Å². The molecule has 0 saturated heterocycles. The number of ether oxygens (including phenoxy) is 3. The summed E-state index contributed by atoms with van der Waals surface area (Å²) in [5.41, 5.74) is 1.70. The van der Waals surface area contributed by atoms with Crippen LogP contribution in [-0.4, -0.2) is 53.7 Å². The van der Waals surface area contributed by atoms with Crippen molar-refractivity contribution in [3.05, 3.63) is 72.3 Å².